The second-order valence-electron chi connectivity index (χ2n) is 7.69. The topological polar surface area (TPSA) is 91.3 Å². The third-order valence-electron chi connectivity index (χ3n) is 5.93. The molecule has 9 heteroatoms. The smallest absolute Gasteiger partial charge is 0.301 e. The van der Waals surface area contributed by atoms with Gasteiger partial charge in [-0.25, -0.2) is 10.5 Å². The molecule has 6 nitrogen and oxygen atoms in total. The van der Waals surface area contributed by atoms with Gasteiger partial charge in [-0.3, -0.25) is 14.8 Å². The van der Waals surface area contributed by atoms with Crippen LogP contribution in [0.3, 0.4) is 0 Å². The number of nitrogens with zero attached hydrogens (tertiary/aromatic N) is 1. The Morgan fingerprint density at radius 3 is 2.88 bits per heavy atom. The zero-order valence-corrected chi connectivity index (χ0v) is 14.9. The van der Waals surface area contributed by atoms with Gasteiger partial charge in [0.1, 0.15) is 5.69 Å². The summed E-state index contributed by atoms with van der Waals surface area (Å²) in [5.74, 6) is -4.66. The molecule has 3 N–H and O–H groups in total. The van der Waals surface area contributed by atoms with Crippen molar-refractivity contribution in [1.82, 2.24) is 10.5 Å². The molecule has 0 radical (unpaired) electrons. The predicted molar refractivity (Wildman–Crippen MR) is 89.7 cm³/mol. The van der Waals surface area contributed by atoms with Gasteiger partial charge in [0, 0.05) is 5.38 Å². The number of hydrogen-bond acceptors (Lipinski definition) is 5. The lowest BCUT2D eigenvalue weighted by Gasteiger charge is -2.36. The van der Waals surface area contributed by atoms with E-state index in [1.165, 1.54) is 5.57 Å². The van der Waals surface area contributed by atoms with Gasteiger partial charge in [0.25, 0.3) is 0 Å². The van der Waals surface area contributed by atoms with E-state index < -0.39 is 22.9 Å². The van der Waals surface area contributed by atoms with Crippen LogP contribution in [0.1, 0.15) is 38.3 Å². The summed E-state index contributed by atoms with van der Waals surface area (Å²) < 4.78 is 27.6. The molecule has 2 saturated carbocycles. The molecule has 26 heavy (non-hydrogen) atoms. The van der Waals surface area contributed by atoms with Gasteiger partial charge in [0.2, 0.25) is 5.91 Å². The van der Waals surface area contributed by atoms with Crippen LogP contribution in [0.5, 0.6) is 0 Å². The average molecular weight is 383 g/mol. The Morgan fingerprint density at radius 2 is 2.15 bits per heavy atom. The first-order chi connectivity index (χ1) is 12.2. The molecule has 1 aromatic rings. The molecule has 3 aliphatic carbocycles. The lowest BCUT2D eigenvalue weighted by molar-refractivity contribution is -0.156. The van der Waals surface area contributed by atoms with Crippen LogP contribution in [0.15, 0.2) is 17.0 Å². The minimum Gasteiger partial charge on any atom is -0.301 e. The summed E-state index contributed by atoms with van der Waals surface area (Å²) in [5, 5.41) is 12.2. The second kappa shape index (κ2) is 5.82. The van der Waals surface area contributed by atoms with Crippen LogP contribution in [0.2, 0.25) is 0 Å². The Balaban J connectivity index is 1.52. The zero-order valence-electron chi connectivity index (χ0n) is 14.1. The molecule has 4 rings (SSSR count). The Bertz CT molecular complexity index is 809. The number of hydrogen-bond donors (Lipinski definition) is 3. The molecule has 2 amide bonds. The normalized spacial score (nSPS) is 32.3. The first kappa shape index (κ1) is 17.5. The van der Waals surface area contributed by atoms with Crippen molar-refractivity contribution in [1.29, 1.82) is 0 Å². The lowest BCUT2D eigenvalue weighted by Crippen LogP contribution is -2.37. The van der Waals surface area contributed by atoms with E-state index in [4.69, 9.17) is 5.21 Å². The Kier molecular flexibility index (Phi) is 3.92. The molecule has 4 unspecified atom stereocenters. The number of allylic oxidation sites excluding steroid dienone is 2. The zero-order chi connectivity index (χ0) is 18.7. The molecule has 4 atom stereocenters. The summed E-state index contributed by atoms with van der Waals surface area (Å²) in [7, 11) is 0. The Hall–Kier alpha value is -1.87. The van der Waals surface area contributed by atoms with Gasteiger partial charge in [-0.05, 0) is 43.4 Å². The molecule has 140 valence electrons. The van der Waals surface area contributed by atoms with Gasteiger partial charge in [0.15, 0.2) is 5.13 Å². The van der Waals surface area contributed by atoms with Crippen molar-refractivity contribution in [3.63, 3.8) is 0 Å². The van der Waals surface area contributed by atoms with Gasteiger partial charge in [-0.15, -0.1) is 11.3 Å². The van der Waals surface area contributed by atoms with Crippen molar-refractivity contribution >= 4 is 28.3 Å². The van der Waals surface area contributed by atoms with Gasteiger partial charge >= 0.3 is 11.8 Å². The number of hydroxylamine groups is 1. The monoisotopic (exact) mass is 383 g/mol. The fourth-order valence-electron chi connectivity index (χ4n) is 4.83. The number of fused-ring (bicyclic) bond motifs is 1. The fourth-order valence-corrected chi connectivity index (χ4v) is 5.55. The highest BCUT2D eigenvalue weighted by Gasteiger charge is 2.57. The van der Waals surface area contributed by atoms with E-state index >= 15 is 0 Å². The van der Waals surface area contributed by atoms with Crippen molar-refractivity contribution in [3.05, 3.63) is 22.7 Å². The first-order valence-electron chi connectivity index (χ1n) is 8.55. The van der Waals surface area contributed by atoms with E-state index in [1.807, 2.05) is 0 Å². The predicted octanol–water partition coefficient (Wildman–Crippen LogP) is 3.06. The highest BCUT2D eigenvalue weighted by Crippen LogP contribution is 2.62. The summed E-state index contributed by atoms with van der Waals surface area (Å²) in [6, 6.07) is 0. The fraction of sp³-hybridized carbons (Fsp3) is 0.588. The van der Waals surface area contributed by atoms with Gasteiger partial charge in [-0.2, -0.15) is 8.78 Å². The summed E-state index contributed by atoms with van der Waals surface area (Å²) >= 11 is 0.839. The van der Waals surface area contributed by atoms with E-state index in [9.17, 15) is 18.4 Å². The Morgan fingerprint density at radius 1 is 1.38 bits per heavy atom. The van der Waals surface area contributed by atoms with Gasteiger partial charge in [-0.1, -0.05) is 18.6 Å². The van der Waals surface area contributed by atoms with Crippen molar-refractivity contribution < 1.29 is 23.6 Å². The van der Waals surface area contributed by atoms with E-state index in [0.29, 0.717) is 17.8 Å². The molecule has 0 aliphatic heterocycles. The maximum absolute atomic E-state index is 13.8. The molecule has 0 spiro atoms. The second-order valence-corrected chi connectivity index (χ2v) is 8.55. The number of amides is 2. The van der Waals surface area contributed by atoms with E-state index in [0.717, 1.165) is 47.9 Å². The van der Waals surface area contributed by atoms with Crippen molar-refractivity contribution in [2.75, 3.05) is 5.32 Å². The van der Waals surface area contributed by atoms with Crippen LogP contribution in [-0.2, 0) is 15.5 Å². The number of halogens is 2. The molecule has 3 aliphatic rings. The average Bonchev–Trinajstić information content (AvgIpc) is 3.12. The standard InChI is InChI=1S/C17H19F2N3O3S/c1-8-2-9-3-10-5-16(4-8,6-11(9)10)13(23)21-15-20-12(7-26-15)17(18,19)14(24)22-25/h2,7-8,10-11,25H,3-6H2,1H3,(H,22,24)(H,20,21,23). The molecule has 1 heterocycles. The first-order valence-corrected chi connectivity index (χ1v) is 9.43. The largest absolute Gasteiger partial charge is 0.369 e. The number of thiazole rings is 1. The van der Waals surface area contributed by atoms with E-state index in [2.05, 4.69) is 23.3 Å². The summed E-state index contributed by atoms with van der Waals surface area (Å²) in [5.41, 5.74) is 1.10. The number of carbonyl (C=O) groups excluding carboxylic acids is 2. The van der Waals surface area contributed by atoms with Crippen molar-refractivity contribution in [2.45, 2.75) is 38.5 Å². The van der Waals surface area contributed by atoms with Crippen LogP contribution in [-0.4, -0.2) is 22.0 Å². The van der Waals surface area contributed by atoms with Gasteiger partial charge < -0.3 is 5.32 Å². The maximum Gasteiger partial charge on any atom is 0.369 e. The molecular formula is C17H19F2N3O3S. The third kappa shape index (κ3) is 2.56. The molecule has 0 aromatic carbocycles. The molecule has 0 saturated heterocycles. The Labute approximate surface area is 152 Å². The number of alkyl halides is 2. The minimum atomic E-state index is -3.96. The third-order valence-corrected chi connectivity index (χ3v) is 6.69. The summed E-state index contributed by atoms with van der Waals surface area (Å²) in [6.07, 6.45) is 5.73. The molecule has 2 bridgehead atoms. The van der Waals surface area contributed by atoms with Crippen LogP contribution in [0.25, 0.3) is 0 Å². The number of carbonyl (C=O) groups is 2. The van der Waals surface area contributed by atoms with Crippen LogP contribution in [0, 0.1) is 23.2 Å². The quantitative estimate of drug-likeness (QED) is 0.423. The SMILES string of the molecule is CC1C=C2CC3CC(C(=O)Nc4nc(C(F)(F)C(=O)NO)cs4)(C1)CC23. The number of aromatic nitrogens is 1. The lowest BCUT2D eigenvalue weighted by atomic mass is 9.69. The van der Waals surface area contributed by atoms with E-state index in [1.54, 1.807) is 0 Å². The summed E-state index contributed by atoms with van der Waals surface area (Å²) in [6.45, 7) is 2.10. The van der Waals surface area contributed by atoms with Crippen LogP contribution in [0.4, 0.5) is 13.9 Å². The van der Waals surface area contributed by atoms with Gasteiger partial charge in [0.05, 0.1) is 5.41 Å². The van der Waals surface area contributed by atoms with Crippen molar-refractivity contribution in [2.24, 2.45) is 23.2 Å². The highest BCUT2D eigenvalue weighted by molar-refractivity contribution is 7.14. The highest BCUT2D eigenvalue weighted by atomic mass is 32.1. The van der Waals surface area contributed by atoms with Crippen LogP contribution < -0.4 is 10.8 Å². The number of rotatable bonds is 4. The number of anilines is 1. The molecule has 1 aromatic heterocycles. The summed E-state index contributed by atoms with van der Waals surface area (Å²) in [4.78, 5) is 27.8. The number of nitrogens with one attached hydrogen (secondary N) is 2. The van der Waals surface area contributed by atoms with Crippen LogP contribution >= 0.6 is 11.3 Å². The minimum absolute atomic E-state index is 0.0362. The van der Waals surface area contributed by atoms with E-state index in [-0.39, 0.29) is 11.0 Å². The molecule has 2 fully saturated rings. The molecular weight excluding hydrogens is 364 g/mol. The van der Waals surface area contributed by atoms with Crippen molar-refractivity contribution in [3.8, 4) is 0 Å². The maximum atomic E-state index is 13.8.